The molecular formula is C14H13Cl2NO2. The molecule has 0 saturated carbocycles. The van der Waals surface area contributed by atoms with Crippen molar-refractivity contribution in [2.45, 2.75) is 13.2 Å². The zero-order valence-electron chi connectivity index (χ0n) is 10.1. The Morgan fingerprint density at radius 1 is 1.05 bits per heavy atom. The van der Waals surface area contributed by atoms with Crippen LogP contribution in [0.15, 0.2) is 36.4 Å². The summed E-state index contributed by atoms with van der Waals surface area (Å²) in [6.45, 7) is 0.168. The minimum atomic E-state index is -0.130. The zero-order valence-corrected chi connectivity index (χ0v) is 11.6. The number of rotatable bonds is 4. The van der Waals surface area contributed by atoms with E-state index >= 15 is 0 Å². The minimum Gasteiger partial charge on any atom is -0.488 e. The number of halogens is 2. The van der Waals surface area contributed by atoms with Gasteiger partial charge in [0, 0.05) is 26.9 Å². The first kappa shape index (κ1) is 14.0. The first-order valence-electron chi connectivity index (χ1n) is 5.66. The number of hydrogen-bond donors (Lipinski definition) is 2. The molecule has 0 atom stereocenters. The molecule has 0 saturated heterocycles. The average Bonchev–Trinajstić information content (AvgIpc) is 2.39. The van der Waals surface area contributed by atoms with Gasteiger partial charge in [-0.3, -0.25) is 0 Å². The third-order valence-electron chi connectivity index (χ3n) is 2.65. The Morgan fingerprint density at radius 2 is 1.84 bits per heavy atom. The summed E-state index contributed by atoms with van der Waals surface area (Å²) in [5.41, 5.74) is 7.70. The average molecular weight is 298 g/mol. The van der Waals surface area contributed by atoms with Crippen molar-refractivity contribution >= 4 is 28.9 Å². The van der Waals surface area contributed by atoms with Crippen molar-refractivity contribution in [1.82, 2.24) is 0 Å². The number of aliphatic hydroxyl groups excluding tert-OH is 1. The zero-order chi connectivity index (χ0) is 13.8. The lowest BCUT2D eigenvalue weighted by atomic mass is 10.2. The van der Waals surface area contributed by atoms with Crippen molar-refractivity contribution in [2.75, 3.05) is 5.73 Å². The number of nitrogens with two attached hydrogens (primary N) is 1. The molecule has 0 unspecified atom stereocenters. The molecule has 2 rings (SSSR count). The maximum absolute atomic E-state index is 9.25. The fourth-order valence-electron chi connectivity index (χ4n) is 1.66. The fraction of sp³-hybridized carbons (Fsp3) is 0.143. The summed E-state index contributed by atoms with van der Waals surface area (Å²) in [5.74, 6) is 0.586. The lowest BCUT2D eigenvalue weighted by molar-refractivity contribution is 0.259. The SMILES string of the molecule is Nc1ccc(OCc2ccc(Cl)cc2Cl)c(CO)c1. The Balaban J connectivity index is 2.14. The Hall–Kier alpha value is -1.42. The summed E-state index contributed by atoms with van der Waals surface area (Å²) in [6, 6.07) is 10.3. The van der Waals surface area contributed by atoms with Crippen LogP contribution in [0.25, 0.3) is 0 Å². The van der Waals surface area contributed by atoms with E-state index in [0.29, 0.717) is 33.7 Å². The van der Waals surface area contributed by atoms with Crippen molar-refractivity contribution < 1.29 is 9.84 Å². The van der Waals surface area contributed by atoms with E-state index in [2.05, 4.69) is 0 Å². The van der Waals surface area contributed by atoms with Gasteiger partial charge < -0.3 is 15.6 Å². The summed E-state index contributed by atoms with van der Waals surface area (Å²) in [6.07, 6.45) is 0. The molecule has 100 valence electrons. The smallest absolute Gasteiger partial charge is 0.125 e. The molecule has 0 aromatic heterocycles. The van der Waals surface area contributed by atoms with E-state index in [-0.39, 0.29) is 6.61 Å². The summed E-state index contributed by atoms with van der Waals surface area (Å²) < 4.78 is 5.65. The maximum atomic E-state index is 9.25. The number of nitrogen functional groups attached to an aromatic ring is 1. The number of aliphatic hydroxyl groups is 1. The Kier molecular flexibility index (Phi) is 4.53. The van der Waals surface area contributed by atoms with Gasteiger partial charge in [0.1, 0.15) is 12.4 Å². The summed E-state index contributed by atoms with van der Waals surface area (Å²) in [4.78, 5) is 0. The van der Waals surface area contributed by atoms with Crippen LogP contribution in [0.3, 0.4) is 0 Å². The van der Waals surface area contributed by atoms with Gasteiger partial charge in [0.15, 0.2) is 0 Å². The summed E-state index contributed by atoms with van der Waals surface area (Å²) in [5, 5.41) is 10.4. The lowest BCUT2D eigenvalue weighted by Crippen LogP contribution is -2.00. The van der Waals surface area contributed by atoms with Crippen molar-refractivity contribution in [3.63, 3.8) is 0 Å². The summed E-state index contributed by atoms with van der Waals surface area (Å²) in [7, 11) is 0. The first-order chi connectivity index (χ1) is 9.10. The molecule has 0 fully saturated rings. The van der Waals surface area contributed by atoms with Crippen LogP contribution >= 0.6 is 23.2 Å². The molecule has 0 bridgehead atoms. The number of hydrogen-bond acceptors (Lipinski definition) is 3. The largest absolute Gasteiger partial charge is 0.488 e. The fourth-order valence-corrected chi connectivity index (χ4v) is 2.12. The van der Waals surface area contributed by atoms with E-state index in [9.17, 15) is 5.11 Å². The van der Waals surface area contributed by atoms with Crippen LogP contribution < -0.4 is 10.5 Å². The minimum absolute atomic E-state index is 0.130. The van der Waals surface area contributed by atoms with Crippen LogP contribution in [-0.4, -0.2) is 5.11 Å². The molecule has 0 aliphatic rings. The molecule has 0 amide bonds. The van der Waals surface area contributed by atoms with E-state index < -0.39 is 0 Å². The van der Waals surface area contributed by atoms with Gasteiger partial charge in [0.2, 0.25) is 0 Å². The molecule has 19 heavy (non-hydrogen) atoms. The molecule has 3 nitrogen and oxygen atoms in total. The molecule has 0 spiro atoms. The van der Waals surface area contributed by atoms with Crippen molar-refractivity contribution in [1.29, 1.82) is 0 Å². The van der Waals surface area contributed by atoms with Gasteiger partial charge in [-0.1, -0.05) is 29.3 Å². The third kappa shape index (κ3) is 3.53. The Bertz CT molecular complexity index is 588. The van der Waals surface area contributed by atoms with Crippen molar-refractivity contribution in [3.05, 3.63) is 57.6 Å². The van der Waals surface area contributed by atoms with Crippen LogP contribution in [0, 0.1) is 0 Å². The predicted molar refractivity (Wildman–Crippen MR) is 77.6 cm³/mol. The van der Waals surface area contributed by atoms with E-state index in [0.717, 1.165) is 5.56 Å². The molecular weight excluding hydrogens is 285 g/mol. The maximum Gasteiger partial charge on any atom is 0.125 e. The van der Waals surface area contributed by atoms with E-state index in [4.69, 9.17) is 33.7 Å². The molecule has 2 aromatic rings. The number of benzene rings is 2. The Morgan fingerprint density at radius 3 is 2.53 bits per heavy atom. The van der Waals surface area contributed by atoms with Crippen LogP contribution in [-0.2, 0) is 13.2 Å². The predicted octanol–water partition coefficient (Wildman–Crippen LogP) is 3.65. The second-order valence-electron chi connectivity index (χ2n) is 4.05. The van der Waals surface area contributed by atoms with Gasteiger partial charge in [0.05, 0.1) is 6.61 Å². The molecule has 0 aliphatic carbocycles. The van der Waals surface area contributed by atoms with Crippen LogP contribution in [0.5, 0.6) is 5.75 Å². The van der Waals surface area contributed by atoms with Crippen molar-refractivity contribution in [3.8, 4) is 5.75 Å². The lowest BCUT2D eigenvalue weighted by Gasteiger charge is -2.11. The van der Waals surface area contributed by atoms with Gasteiger partial charge in [-0.05, 0) is 30.3 Å². The van der Waals surface area contributed by atoms with E-state index in [1.165, 1.54) is 0 Å². The molecule has 0 radical (unpaired) electrons. The van der Waals surface area contributed by atoms with Gasteiger partial charge >= 0.3 is 0 Å². The highest BCUT2D eigenvalue weighted by Crippen LogP contribution is 2.25. The normalized spacial score (nSPS) is 10.5. The molecule has 3 N–H and O–H groups in total. The van der Waals surface area contributed by atoms with Crippen molar-refractivity contribution in [2.24, 2.45) is 0 Å². The standard InChI is InChI=1S/C14H13Cl2NO2/c15-11-2-1-9(13(16)6-11)8-19-14-4-3-12(17)5-10(14)7-18/h1-6,18H,7-8,17H2. The molecule has 0 aliphatic heterocycles. The quantitative estimate of drug-likeness (QED) is 0.847. The first-order valence-corrected chi connectivity index (χ1v) is 6.41. The second kappa shape index (κ2) is 6.15. The van der Waals surface area contributed by atoms with Gasteiger partial charge in [-0.25, -0.2) is 0 Å². The molecule has 2 aromatic carbocycles. The van der Waals surface area contributed by atoms with Crippen LogP contribution in [0.4, 0.5) is 5.69 Å². The van der Waals surface area contributed by atoms with Crippen LogP contribution in [0.1, 0.15) is 11.1 Å². The van der Waals surface area contributed by atoms with Crippen LogP contribution in [0.2, 0.25) is 10.0 Å². The van der Waals surface area contributed by atoms with E-state index in [1.807, 2.05) is 0 Å². The monoisotopic (exact) mass is 297 g/mol. The number of ether oxygens (including phenoxy) is 1. The van der Waals surface area contributed by atoms with Gasteiger partial charge in [0.25, 0.3) is 0 Å². The van der Waals surface area contributed by atoms with Gasteiger partial charge in [-0.15, -0.1) is 0 Å². The summed E-state index contributed by atoms with van der Waals surface area (Å²) >= 11 is 11.9. The third-order valence-corrected chi connectivity index (χ3v) is 3.24. The van der Waals surface area contributed by atoms with E-state index in [1.54, 1.807) is 36.4 Å². The highest BCUT2D eigenvalue weighted by molar-refractivity contribution is 6.35. The highest BCUT2D eigenvalue weighted by Gasteiger charge is 2.06. The molecule has 0 heterocycles. The van der Waals surface area contributed by atoms with Gasteiger partial charge in [-0.2, -0.15) is 0 Å². The number of anilines is 1. The topological polar surface area (TPSA) is 55.5 Å². The molecule has 5 heteroatoms. The Labute approximate surface area is 121 Å². The second-order valence-corrected chi connectivity index (χ2v) is 4.89. The highest BCUT2D eigenvalue weighted by atomic mass is 35.5.